The summed E-state index contributed by atoms with van der Waals surface area (Å²) in [6.07, 6.45) is 11.0. The van der Waals surface area contributed by atoms with E-state index in [-0.39, 0.29) is 11.3 Å². The highest BCUT2D eigenvalue weighted by molar-refractivity contribution is 7.09. The molecule has 1 saturated carbocycles. The van der Waals surface area contributed by atoms with E-state index in [1.807, 2.05) is 65.0 Å². The first-order valence-electron chi connectivity index (χ1n) is 23.0. The van der Waals surface area contributed by atoms with E-state index in [2.05, 4.69) is 54.4 Å². The smallest absolute Gasteiger partial charge is 0.329 e. The van der Waals surface area contributed by atoms with Crippen LogP contribution in [0.5, 0.6) is 5.75 Å². The van der Waals surface area contributed by atoms with E-state index < -0.39 is 11.5 Å². The first-order valence-corrected chi connectivity index (χ1v) is 24.3. The number of fused-ring (bicyclic) bond motifs is 3. The standard InChI is InChI=1S/C52H60ClN5O4S/c1-35(33-62-46-16-21-54-45-13-6-8-36(2)49(45)46)26-40-29-39-15-14-38(27-44(39)51(40)17-19-52(20-18-51,50(60)61)56-42-12-7-11-41(53)30-42)32-57-22-24-58(25-23-57)48(59)31-43-34-63-47(55-43)28-37-9-4-3-5-10-37/h3-5,7,9-12,14-16,21,27,30,34-36,40,56H,6,8,13,17-20,22-26,28-29,31-33H2,1-2H3,(H,60,61)/t35-,36-,40+,51?,52?/m1/s1. The van der Waals surface area contributed by atoms with Crippen LogP contribution < -0.4 is 10.1 Å². The first kappa shape index (κ1) is 43.5. The third-order valence-electron chi connectivity index (χ3n) is 14.6. The lowest BCUT2D eigenvalue weighted by molar-refractivity contribution is -0.144. The molecule has 5 aromatic rings. The Labute approximate surface area is 381 Å². The number of anilines is 1. The molecule has 9 nitrogen and oxygen atoms in total. The van der Waals surface area contributed by atoms with Crippen LogP contribution >= 0.6 is 22.9 Å². The molecule has 9 rings (SSSR count). The third kappa shape index (κ3) is 9.55. The molecule has 1 aliphatic heterocycles. The molecule has 2 fully saturated rings. The average Bonchev–Trinajstić information content (AvgIpc) is 3.84. The molecule has 2 N–H and O–H groups in total. The highest BCUT2D eigenvalue weighted by Crippen LogP contribution is 2.56. The minimum atomic E-state index is -1.08. The molecule has 11 heteroatoms. The number of benzene rings is 3. The zero-order valence-electron chi connectivity index (χ0n) is 36.7. The normalized spacial score (nSPS) is 23.8. The Morgan fingerprint density at radius 3 is 2.57 bits per heavy atom. The van der Waals surface area contributed by atoms with Gasteiger partial charge < -0.3 is 20.1 Å². The van der Waals surface area contributed by atoms with E-state index in [4.69, 9.17) is 26.3 Å². The number of aliphatic carboxylic acids is 1. The summed E-state index contributed by atoms with van der Waals surface area (Å²) in [6.45, 7) is 9.11. The highest BCUT2D eigenvalue weighted by Gasteiger charge is 2.54. The number of piperazine rings is 1. The number of aromatic nitrogens is 2. The van der Waals surface area contributed by atoms with Crippen molar-refractivity contribution in [2.75, 3.05) is 38.1 Å². The number of thiazole rings is 1. The van der Waals surface area contributed by atoms with E-state index in [1.54, 1.807) is 11.3 Å². The summed E-state index contributed by atoms with van der Waals surface area (Å²) < 4.78 is 6.65. The van der Waals surface area contributed by atoms with Gasteiger partial charge in [-0.15, -0.1) is 11.3 Å². The maximum Gasteiger partial charge on any atom is 0.329 e. The van der Waals surface area contributed by atoms with Gasteiger partial charge in [-0.2, -0.15) is 0 Å². The minimum Gasteiger partial charge on any atom is -0.493 e. The van der Waals surface area contributed by atoms with Crippen LogP contribution in [0.3, 0.4) is 0 Å². The Bertz CT molecular complexity index is 2410. The van der Waals surface area contributed by atoms with E-state index in [1.165, 1.54) is 46.4 Å². The van der Waals surface area contributed by atoms with Gasteiger partial charge in [0.1, 0.15) is 11.3 Å². The fourth-order valence-electron chi connectivity index (χ4n) is 11.2. The van der Waals surface area contributed by atoms with Crippen LogP contribution in [-0.2, 0) is 47.2 Å². The van der Waals surface area contributed by atoms with Crippen molar-refractivity contribution in [3.05, 3.63) is 140 Å². The number of hydrogen-bond acceptors (Lipinski definition) is 8. The zero-order valence-corrected chi connectivity index (χ0v) is 38.2. The van der Waals surface area contributed by atoms with Crippen LogP contribution in [0.1, 0.15) is 109 Å². The predicted octanol–water partition coefficient (Wildman–Crippen LogP) is 10.1. The zero-order chi connectivity index (χ0) is 43.6. The molecule has 330 valence electrons. The van der Waals surface area contributed by atoms with Crippen LogP contribution in [-0.4, -0.2) is 75.1 Å². The fraction of sp³-hybridized carbons (Fsp3) is 0.462. The molecular weight excluding hydrogens is 826 g/mol. The molecule has 3 aromatic carbocycles. The Kier molecular flexibility index (Phi) is 12.9. The summed E-state index contributed by atoms with van der Waals surface area (Å²) in [6, 6.07) is 26.9. The van der Waals surface area contributed by atoms with E-state index in [0.29, 0.717) is 61.7 Å². The monoisotopic (exact) mass is 885 g/mol. The number of carbonyl (C=O) groups excluding carboxylic acids is 1. The molecule has 4 aliphatic rings. The second-order valence-electron chi connectivity index (χ2n) is 18.9. The summed E-state index contributed by atoms with van der Waals surface area (Å²) in [7, 11) is 0. The highest BCUT2D eigenvalue weighted by atomic mass is 35.5. The van der Waals surface area contributed by atoms with Crippen molar-refractivity contribution in [1.29, 1.82) is 0 Å². The van der Waals surface area contributed by atoms with Gasteiger partial charge in [0.05, 0.1) is 23.7 Å². The summed E-state index contributed by atoms with van der Waals surface area (Å²) in [4.78, 5) is 40.5. The number of hydrogen-bond donors (Lipinski definition) is 2. The van der Waals surface area contributed by atoms with Gasteiger partial charge in [-0.25, -0.2) is 9.78 Å². The Balaban J connectivity index is 0.878. The lowest BCUT2D eigenvalue weighted by Gasteiger charge is -2.47. The van der Waals surface area contributed by atoms with Crippen molar-refractivity contribution in [3.63, 3.8) is 0 Å². The predicted molar refractivity (Wildman–Crippen MR) is 251 cm³/mol. The average molecular weight is 887 g/mol. The van der Waals surface area contributed by atoms with Crippen LogP contribution in [0.2, 0.25) is 5.02 Å². The second kappa shape index (κ2) is 18.8. The molecule has 0 unspecified atom stereocenters. The number of aryl methyl sites for hydroxylation is 1. The number of pyridine rings is 1. The molecule has 0 bridgehead atoms. The van der Waals surface area contributed by atoms with Gasteiger partial charge in [0.25, 0.3) is 0 Å². The van der Waals surface area contributed by atoms with Crippen molar-refractivity contribution in [2.45, 2.75) is 108 Å². The first-order chi connectivity index (χ1) is 30.6. The van der Waals surface area contributed by atoms with Crippen molar-refractivity contribution in [1.82, 2.24) is 19.8 Å². The van der Waals surface area contributed by atoms with Crippen LogP contribution in [0.15, 0.2) is 90.4 Å². The molecule has 3 aliphatic carbocycles. The second-order valence-corrected chi connectivity index (χ2v) is 20.3. The Morgan fingerprint density at radius 2 is 1.79 bits per heavy atom. The summed E-state index contributed by atoms with van der Waals surface area (Å²) in [5.74, 6) is 1.45. The number of amides is 1. The van der Waals surface area contributed by atoms with Crippen molar-refractivity contribution >= 4 is 40.5 Å². The molecular formula is C52H60ClN5O4S. The molecule has 3 heterocycles. The Morgan fingerprint density at radius 1 is 0.984 bits per heavy atom. The molecule has 1 amide bonds. The molecule has 3 atom stereocenters. The lowest BCUT2D eigenvalue weighted by atomic mass is 9.59. The van der Waals surface area contributed by atoms with E-state index in [9.17, 15) is 14.7 Å². The van der Waals surface area contributed by atoms with Crippen LogP contribution in [0, 0.1) is 11.8 Å². The van der Waals surface area contributed by atoms with Gasteiger partial charge in [-0.05, 0) is 127 Å². The topological polar surface area (TPSA) is 108 Å². The van der Waals surface area contributed by atoms with Crippen molar-refractivity contribution < 1.29 is 19.4 Å². The molecule has 0 radical (unpaired) electrons. The summed E-state index contributed by atoms with van der Waals surface area (Å²) in [5, 5.41) is 17.9. The lowest BCUT2D eigenvalue weighted by Crippen LogP contribution is -2.53. The van der Waals surface area contributed by atoms with Gasteiger partial charge in [0.2, 0.25) is 5.91 Å². The largest absolute Gasteiger partial charge is 0.493 e. The van der Waals surface area contributed by atoms with Gasteiger partial charge >= 0.3 is 5.97 Å². The maximum atomic E-state index is 13.4. The minimum absolute atomic E-state index is 0.138. The number of halogens is 1. The van der Waals surface area contributed by atoms with Crippen molar-refractivity contribution in [2.24, 2.45) is 11.8 Å². The van der Waals surface area contributed by atoms with Gasteiger partial charge in [0, 0.05) is 72.7 Å². The maximum absolute atomic E-state index is 13.4. The Hall–Kier alpha value is -4.77. The van der Waals surface area contributed by atoms with Crippen molar-refractivity contribution in [3.8, 4) is 5.75 Å². The number of ether oxygens (including phenoxy) is 1. The SMILES string of the molecule is C[C@@H](COc1ccnc2c1[C@H](C)CCC2)C[C@H]1Cc2ccc(CN3CCN(C(=O)Cc4csc(Cc5ccccc5)n4)CC3)cc2C12CCC(Nc1cccc(Cl)c1)(C(=O)O)CC2. The van der Waals surface area contributed by atoms with Gasteiger partial charge in [0.15, 0.2) is 0 Å². The number of nitrogens with zero attached hydrogens (tertiary/aromatic N) is 4. The summed E-state index contributed by atoms with van der Waals surface area (Å²) in [5.41, 5.74) is 8.16. The van der Waals surface area contributed by atoms with Crippen LogP contribution in [0.4, 0.5) is 5.69 Å². The number of rotatable bonds is 14. The summed E-state index contributed by atoms with van der Waals surface area (Å²) >= 11 is 7.98. The third-order valence-corrected chi connectivity index (χ3v) is 15.8. The number of carboxylic acids is 1. The molecule has 1 saturated heterocycles. The van der Waals surface area contributed by atoms with Gasteiger partial charge in [-0.3, -0.25) is 14.7 Å². The fourth-order valence-corrected chi connectivity index (χ4v) is 12.2. The molecule has 1 spiro atoms. The van der Waals surface area contributed by atoms with Crippen LogP contribution in [0.25, 0.3) is 0 Å². The number of carboxylic acid groups (broad SMARTS) is 1. The van der Waals surface area contributed by atoms with E-state index in [0.717, 1.165) is 80.3 Å². The van der Waals surface area contributed by atoms with Gasteiger partial charge in [-0.1, -0.05) is 80.0 Å². The van der Waals surface area contributed by atoms with E-state index >= 15 is 0 Å². The number of carbonyl (C=O) groups is 2. The molecule has 63 heavy (non-hydrogen) atoms. The number of nitrogens with one attached hydrogen (secondary N) is 1. The molecule has 2 aromatic heterocycles. The quantitative estimate of drug-likeness (QED) is 0.114.